The van der Waals surface area contributed by atoms with Crippen molar-refractivity contribution in [3.63, 3.8) is 0 Å². The molecule has 76 valence electrons. The van der Waals surface area contributed by atoms with Crippen LogP contribution in [0.5, 0.6) is 0 Å². The number of aliphatic hydroxyl groups is 1. The average Bonchev–Trinajstić information content (AvgIpc) is 2.02. The molecule has 0 amide bonds. The minimum Gasteiger partial charge on any atom is -0.396 e. The molecule has 0 unspecified atom stereocenters. The molecule has 0 aliphatic heterocycles. The average molecular weight is 200 g/mol. The Balaban J connectivity index is 2.56. The van der Waals surface area contributed by atoms with Gasteiger partial charge in [0.2, 0.25) is 0 Å². The molecule has 0 spiro atoms. The van der Waals surface area contributed by atoms with Crippen LogP contribution in [0.2, 0.25) is 25.2 Å². The molecular weight excluding hydrogens is 180 g/mol. The van der Waals surface area contributed by atoms with E-state index in [1.54, 1.807) is 0 Å². The largest absolute Gasteiger partial charge is 0.396 e. The van der Waals surface area contributed by atoms with Gasteiger partial charge >= 0.3 is 0 Å². The van der Waals surface area contributed by atoms with Crippen LogP contribution in [0, 0.1) is 5.92 Å². The van der Waals surface area contributed by atoms with Crippen LogP contribution < -0.4 is 0 Å². The fraction of sp³-hybridized carbons (Fsp3) is 0.900. The molecule has 0 aromatic carbocycles. The molecule has 0 bridgehead atoms. The molecule has 1 rings (SSSR count). The van der Waals surface area contributed by atoms with E-state index in [9.17, 15) is 4.79 Å². The maximum atomic E-state index is 11.5. The predicted octanol–water partition coefficient (Wildman–Crippen LogP) is 2.06. The summed E-state index contributed by atoms with van der Waals surface area (Å²) >= 11 is 0. The molecule has 0 aromatic rings. The van der Waals surface area contributed by atoms with E-state index in [0.717, 1.165) is 19.3 Å². The highest BCUT2D eigenvalue weighted by Gasteiger charge is 2.35. The second-order valence-electron chi connectivity index (χ2n) is 5.19. The molecule has 0 heterocycles. The molecule has 1 fully saturated rings. The summed E-state index contributed by atoms with van der Waals surface area (Å²) in [7, 11) is -1.14. The SMILES string of the molecule is C[Si](C)(C)[C@H]1CC[C@H](CO)C(=O)C1. The van der Waals surface area contributed by atoms with Crippen molar-refractivity contribution in [2.45, 2.75) is 44.4 Å². The van der Waals surface area contributed by atoms with E-state index in [1.165, 1.54) is 0 Å². The lowest BCUT2D eigenvalue weighted by molar-refractivity contribution is -0.125. The van der Waals surface area contributed by atoms with Crippen molar-refractivity contribution in [1.29, 1.82) is 0 Å². The Bertz CT molecular complexity index is 196. The number of ketones is 1. The number of rotatable bonds is 2. The highest BCUT2D eigenvalue weighted by molar-refractivity contribution is 6.77. The molecule has 3 heteroatoms. The minimum atomic E-state index is -1.14. The van der Waals surface area contributed by atoms with Gasteiger partial charge in [-0.3, -0.25) is 4.79 Å². The normalized spacial score (nSPS) is 30.6. The summed E-state index contributed by atoms with van der Waals surface area (Å²) in [5, 5.41) is 8.94. The van der Waals surface area contributed by atoms with Gasteiger partial charge in [-0.05, 0) is 12.0 Å². The van der Waals surface area contributed by atoms with Gasteiger partial charge in [0.25, 0.3) is 0 Å². The maximum Gasteiger partial charge on any atom is 0.138 e. The van der Waals surface area contributed by atoms with Crippen LogP contribution in [0.4, 0.5) is 0 Å². The van der Waals surface area contributed by atoms with Crippen LogP contribution in [-0.4, -0.2) is 25.6 Å². The van der Waals surface area contributed by atoms with Crippen molar-refractivity contribution < 1.29 is 9.90 Å². The second kappa shape index (κ2) is 3.92. The molecule has 1 saturated carbocycles. The van der Waals surface area contributed by atoms with E-state index in [-0.39, 0.29) is 12.5 Å². The van der Waals surface area contributed by atoms with Gasteiger partial charge in [-0.2, -0.15) is 0 Å². The lowest BCUT2D eigenvalue weighted by Crippen LogP contribution is -2.36. The third kappa shape index (κ3) is 2.64. The van der Waals surface area contributed by atoms with Gasteiger partial charge < -0.3 is 5.11 Å². The Kier molecular flexibility index (Phi) is 3.30. The first-order valence-corrected chi connectivity index (χ1v) is 8.66. The van der Waals surface area contributed by atoms with Gasteiger partial charge in [0.05, 0.1) is 6.61 Å². The van der Waals surface area contributed by atoms with Crippen molar-refractivity contribution in [3.05, 3.63) is 0 Å². The summed E-state index contributed by atoms with van der Waals surface area (Å²) in [6.07, 6.45) is 2.78. The van der Waals surface area contributed by atoms with Crippen molar-refractivity contribution in [3.8, 4) is 0 Å². The van der Waals surface area contributed by atoms with Crippen molar-refractivity contribution >= 4 is 13.9 Å². The lowest BCUT2D eigenvalue weighted by Gasteiger charge is -2.34. The summed E-state index contributed by atoms with van der Waals surface area (Å²) in [5.41, 5.74) is 0.641. The van der Waals surface area contributed by atoms with Crippen LogP contribution in [-0.2, 0) is 4.79 Å². The molecule has 0 saturated heterocycles. The molecule has 13 heavy (non-hydrogen) atoms. The number of carbonyl (C=O) groups excluding carboxylic acids is 1. The Labute approximate surface area is 81.4 Å². The van der Waals surface area contributed by atoms with E-state index >= 15 is 0 Å². The van der Waals surface area contributed by atoms with Crippen LogP contribution in [0.1, 0.15) is 19.3 Å². The van der Waals surface area contributed by atoms with Gasteiger partial charge in [0.15, 0.2) is 0 Å². The zero-order valence-corrected chi connectivity index (χ0v) is 9.84. The molecule has 1 aliphatic rings. The van der Waals surface area contributed by atoms with Crippen LogP contribution >= 0.6 is 0 Å². The number of hydrogen-bond donors (Lipinski definition) is 1. The standard InChI is InChI=1S/C10H20O2Si/c1-13(2,3)9-5-4-8(7-11)10(12)6-9/h8-9,11H,4-7H2,1-3H3/t8-,9+/m1/s1. The number of hydrogen-bond acceptors (Lipinski definition) is 2. The summed E-state index contributed by atoms with van der Waals surface area (Å²) in [6, 6.07) is 0. The Morgan fingerprint density at radius 1 is 1.38 bits per heavy atom. The van der Waals surface area contributed by atoms with Crippen LogP contribution in [0.3, 0.4) is 0 Å². The quantitative estimate of drug-likeness (QED) is 0.693. The first kappa shape index (κ1) is 10.9. The number of aliphatic hydroxyl groups excluding tert-OH is 1. The fourth-order valence-corrected chi connectivity index (χ4v) is 3.85. The first-order chi connectivity index (χ1) is 5.95. The van der Waals surface area contributed by atoms with Crippen molar-refractivity contribution in [2.75, 3.05) is 6.61 Å². The van der Waals surface area contributed by atoms with Gasteiger partial charge in [0, 0.05) is 20.4 Å². The molecule has 1 aliphatic carbocycles. The zero-order valence-electron chi connectivity index (χ0n) is 8.84. The number of Topliss-reactive ketones (excluding diaryl/α,β-unsaturated/α-hetero) is 1. The van der Waals surface area contributed by atoms with Crippen molar-refractivity contribution in [1.82, 2.24) is 0 Å². The molecule has 2 nitrogen and oxygen atoms in total. The van der Waals surface area contributed by atoms with E-state index in [0.29, 0.717) is 11.3 Å². The van der Waals surface area contributed by atoms with E-state index in [2.05, 4.69) is 19.6 Å². The molecule has 0 aromatic heterocycles. The topological polar surface area (TPSA) is 37.3 Å². The van der Waals surface area contributed by atoms with E-state index in [4.69, 9.17) is 5.11 Å². The van der Waals surface area contributed by atoms with E-state index < -0.39 is 8.07 Å². The third-order valence-electron chi connectivity index (χ3n) is 3.21. The van der Waals surface area contributed by atoms with Gasteiger partial charge in [-0.1, -0.05) is 26.1 Å². The molecule has 2 atom stereocenters. The molecule has 1 N–H and O–H groups in total. The van der Waals surface area contributed by atoms with Crippen molar-refractivity contribution in [2.24, 2.45) is 5.92 Å². The number of carbonyl (C=O) groups is 1. The Morgan fingerprint density at radius 3 is 2.38 bits per heavy atom. The zero-order chi connectivity index (χ0) is 10.1. The minimum absolute atomic E-state index is 0.0485. The monoisotopic (exact) mass is 200 g/mol. The Morgan fingerprint density at radius 2 is 2.00 bits per heavy atom. The molecular formula is C10H20O2Si. The molecule has 0 radical (unpaired) electrons. The Hall–Kier alpha value is -0.153. The van der Waals surface area contributed by atoms with Crippen LogP contribution in [0.15, 0.2) is 0 Å². The maximum absolute atomic E-state index is 11.5. The van der Waals surface area contributed by atoms with E-state index in [1.807, 2.05) is 0 Å². The highest BCUT2D eigenvalue weighted by atomic mass is 28.3. The highest BCUT2D eigenvalue weighted by Crippen LogP contribution is 2.37. The summed E-state index contributed by atoms with van der Waals surface area (Å²) < 4.78 is 0. The summed E-state index contributed by atoms with van der Waals surface area (Å²) in [4.78, 5) is 11.5. The summed E-state index contributed by atoms with van der Waals surface area (Å²) in [6.45, 7) is 7.02. The predicted molar refractivity (Wildman–Crippen MR) is 56.5 cm³/mol. The lowest BCUT2D eigenvalue weighted by atomic mass is 9.88. The van der Waals surface area contributed by atoms with Gasteiger partial charge in [-0.15, -0.1) is 0 Å². The smallest absolute Gasteiger partial charge is 0.138 e. The second-order valence-corrected chi connectivity index (χ2v) is 10.7. The van der Waals surface area contributed by atoms with Gasteiger partial charge in [0.1, 0.15) is 5.78 Å². The van der Waals surface area contributed by atoms with Gasteiger partial charge in [-0.25, -0.2) is 0 Å². The summed E-state index contributed by atoms with van der Waals surface area (Å²) in [5.74, 6) is 0.244. The fourth-order valence-electron chi connectivity index (χ4n) is 2.01. The first-order valence-electron chi connectivity index (χ1n) is 5.08. The third-order valence-corrected chi connectivity index (χ3v) is 6.15. The van der Waals surface area contributed by atoms with Crippen LogP contribution in [0.25, 0.3) is 0 Å².